The van der Waals surface area contributed by atoms with Crippen molar-refractivity contribution in [1.29, 1.82) is 0 Å². The number of amides is 2. The van der Waals surface area contributed by atoms with E-state index in [0.717, 1.165) is 16.8 Å². The van der Waals surface area contributed by atoms with E-state index in [-0.39, 0.29) is 24.3 Å². The highest BCUT2D eigenvalue weighted by molar-refractivity contribution is 6.31. The number of aromatic nitrogens is 2. The van der Waals surface area contributed by atoms with Gasteiger partial charge in [-0.25, -0.2) is 4.68 Å². The molecule has 4 rings (SSSR count). The number of likely N-dealkylation sites (N-methyl/N-ethyl adjacent to an activating group) is 1. The number of halogens is 1. The van der Waals surface area contributed by atoms with Crippen molar-refractivity contribution in [3.8, 4) is 0 Å². The van der Waals surface area contributed by atoms with Gasteiger partial charge in [0.1, 0.15) is 11.2 Å². The number of nitrogens with zero attached hydrogens (tertiary/aromatic N) is 3. The Morgan fingerprint density at radius 2 is 2.04 bits per heavy atom. The van der Waals surface area contributed by atoms with Gasteiger partial charge < -0.3 is 10.2 Å². The molecule has 7 heteroatoms. The van der Waals surface area contributed by atoms with Crippen LogP contribution in [0.4, 0.5) is 11.5 Å². The molecule has 2 aliphatic rings. The molecule has 0 saturated carbocycles. The normalized spacial score (nSPS) is 22.1. The third-order valence-corrected chi connectivity index (χ3v) is 5.11. The number of hydrogen-bond donors (Lipinski definition) is 1. The van der Waals surface area contributed by atoms with Crippen molar-refractivity contribution in [2.24, 2.45) is 0 Å². The molecule has 0 unspecified atom stereocenters. The molecule has 1 aromatic heterocycles. The fraction of sp³-hybridized carbons (Fsp3) is 0.353. The van der Waals surface area contributed by atoms with Crippen molar-refractivity contribution in [3.63, 3.8) is 0 Å². The highest BCUT2D eigenvalue weighted by Gasteiger charge is 2.56. The number of hydrogen-bond acceptors (Lipinski definition) is 3. The van der Waals surface area contributed by atoms with Crippen molar-refractivity contribution in [2.75, 3.05) is 17.3 Å². The predicted octanol–water partition coefficient (Wildman–Crippen LogP) is 2.72. The number of carbonyl (C=O) groups is 2. The molecule has 3 heterocycles. The van der Waals surface area contributed by atoms with Gasteiger partial charge in [-0.3, -0.25) is 9.59 Å². The van der Waals surface area contributed by atoms with E-state index in [9.17, 15) is 9.59 Å². The largest absolute Gasteiger partial charge is 0.314 e. The lowest BCUT2D eigenvalue weighted by atomic mass is 9.72. The van der Waals surface area contributed by atoms with Crippen molar-refractivity contribution in [3.05, 3.63) is 40.5 Å². The fourth-order valence-electron chi connectivity index (χ4n) is 3.79. The summed E-state index contributed by atoms with van der Waals surface area (Å²) in [5.41, 5.74) is 1.22. The van der Waals surface area contributed by atoms with Crippen LogP contribution < -0.4 is 10.2 Å². The molecule has 2 aliphatic heterocycles. The zero-order valence-corrected chi connectivity index (χ0v) is 14.4. The van der Waals surface area contributed by atoms with Crippen LogP contribution in [0.2, 0.25) is 5.02 Å². The van der Waals surface area contributed by atoms with Gasteiger partial charge in [-0.05, 0) is 37.6 Å². The van der Waals surface area contributed by atoms with E-state index >= 15 is 0 Å². The number of rotatable bonds is 1. The third kappa shape index (κ3) is 1.74. The summed E-state index contributed by atoms with van der Waals surface area (Å²) in [7, 11) is 1.73. The first-order valence-electron chi connectivity index (χ1n) is 7.82. The highest BCUT2D eigenvalue weighted by atomic mass is 35.5. The second kappa shape index (κ2) is 4.83. The van der Waals surface area contributed by atoms with Crippen LogP contribution in [0.1, 0.15) is 37.4 Å². The zero-order chi connectivity index (χ0) is 17.2. The maximum atomic E-state index is 13.2. The lowest BCUT2D eigenvalue weighted by Crippen LogP contribution is -2.45. The summed E-state index contributed by atoms with van der Waals surface area (Å²) in [5, 5.41) is 7.83. The molecule has 2 aromatic rings. The molecule has 2 amide bonds. The predicted molar refractivity (Wildman–Crippen MR) is 91.5 cm³/mol. The summed E-state index contributed by atoms with van der Waals surface area (Å²) in [5.74, 6) is 0.273. The third-order valence-electron chi connectivity index (χ3n) is 4.88. The van der Waals surface area contributed by atoms with E-state index < -0.39 is 5.41 Å². The average molecular weight is 345 g/mol. The Balaban J connectivity index is 2.05. The lowest BCUT2D eigenvalue weighted by molar-refractivity contribution is -0.126. The lowest BCUT2D eigenvalue weighted by Gasteiger charge is -2.32. The molecule has 24 heavy (non-hydrogen) atoms. The van der Waals surface area contributed by atoms with E-state index in [1.165, 1.54) is 0 Å². The van der Waals surface area contributed by atoms with E-state index in [1.807, 2.05) is 19.9 Å². The standard InChI is InChI=1S/C17H17ClN4O2/c1-9(2)22-15-12(8-19-22)17(7-14(23)20-15)11-6-10(18)4-5-13(11)21(3)16(17)24/h4-6,8-9H,7H2,1-3H3,(H,20,23)/t17-/m0/s1. The van der Waals surface area contributed by atoms with Gasteiger partial charge in [0, 0.05) is 35.8 Å². The van der Waals surface area contributed by atoms with Gasteiger partial charge >= 0.3 is 0 Å². The molecule has 0 bridgehead atoms. The Kier molecular flexibility index (Phi) is 3.06. The molecular formula is C17H17ClN4O2. The van der Waals surface area contributed by atoms with Crippen LogP contribution in [0.15, 0.2) is 24.4 Å². The van der Waals surface area contributed by atoms with Gasteiger partial charge in [0.15, 0.2) is 0 Å². The molecule has 1 N–H and O–H groups in total. The second-order valence-corrected chi connectivity index (χ2v) is 7.04. The maximum Gasteiger partial charge on any atom is 0.242 e. The molecule has 0 radical (unpaired) electrons. The Morgan fingerprint density at radius 3 is 2.75 bits per heavy atom. The van der Waals surface area contributed by atoms with Crippen LogP contribution in [-0.2, 0) is 15.0 Å². The highest BCUT2D eigenvalue weighted by Crippen LogP contribution is 2.52. The number of fused-ring (bicyclic) bond motifs is 4. The topological polar surface area (TPSA) is 67.2 Å². The first-order chi connectivity index (χ1) is 11.4. The van der Waals surface area contributed by atoms with Gasteiger partial charge in [0.25, 0.3) is 0 Å². The summed E-state index contributed by atoms with van der Waals surface area (Å²) < 4.78 is 1.74. The zero-order valence-electron chi connectivity index (χ0n) is 13.6. The average Bonchev–Trinajstić information content (AvgIpc) is 3.03. The Morgan fingerprint density at radius 1 is 1.29 bits per heavy atom. The maximum absolute atomic E-state index is 13.2. The molecule has 0 aliphatic carbocycles. The van der Waals surface area contributed by atoms with Crippen molar-refractivity contribution < 1.29 is 9.59 Å². The SMILES string of the molecule is CC(C)n1ncc2c1NC(=O)C[C@@]21C(=O)N(C)c2ccc(Cl)cc21. The molecule has 1 atom stereocenters. The van der Waals surface area contributed by atoms with Crippen LogP contribution in [-0.4, -0.2) is 28.6 Å². The fourth-order valence-corrected chi connectivity index (χ4v) is 3.96. The summed E-state index contributed by atoms with van der Waals surface area (Å²) in [4.78, 5) is 27.3. The monoisotopic (exact) mass is 344 g/mol. The second-order valence-electron chi connectivity index (χ2n) is 6.60. The molecule has 124 valence electrons. The first-order valence-corrected chi connectivity index (χ1v) is 8.20. The minimum absolute atomic E-state index is 0.0559. The quantitative estimate of drug-likeness (QED) is 0.865. The summed E-state index contributed by atoms with van der Waals surface area (Å²) in [6.45, 7) is 3.96. The molecule has 1 spiro atoms. The van der Waals surface area contributed by atoms with Crippen LogP contribution in [0.5, 0.6) is 0 Å². The minimum atomic E-state index is -1.06. The number of nitrogens with one attached hydrogen (secondary N) is 1. The van der Waals surface area contributed by atoms with Crippen LogP contribution in [0.3, 0.4) is 0 Å². The molecule has 0 fully saturated rings. The Bertz CT molecular complexity index is 889. The molecule has 1 aromatic carbocycles. The van der Waals surface area contributed by atoms with Crippen molar-refractivity contribution >= 4 is 34.9 Å². The van der Waals surface area contributed by atoms with Gasteiger partial charge in [-0.2, -0.15) is 5.10 Å². The van der Waals surface area contributed by atoms with Crippen molar-refractivity contribution in [2.45, 2.75) is 31.7 Å². The van der Waals surface area contributed by atoms with Crippen molar-refractivity contribution in [1.82, 2.24) is 9.78 Å². The summed E-state index contributed by atoms with van der Waals surface area (Å²) >= 11 is 6.19. The van der Waals surface area contributed by atoms with E-state index in [0.29, 0.717) is 10.8 Å². The number of carbonyl (C=O) groups excluding carboxylic acids is 2. The number of benzene rings is 1. The summed E-state index contributed by atoms with van der Waals surface area (Å²) in [6.07, 6.45) is 1.75. The number of anilines is 2. The summed E-state index contributed by atoms with van der Waals surface area (Å²) in [6, 6.07) is 5.43. The smallest absolute Gasteiger partial charge is 0.242 e. The first kappa shape index (κ1) is 15.2. The van der Waals surface area contributed by atoms with E-state index in [2.05, 4.69) is 10.4 Å². The van der Waals surface area contributed by atoms with Gasteiger partial charge in [0.2, 0.25) is 11.8 Å². The Labute approximate surface area is 144 Å². The van der Waals surface area contributed by atoms with Gasteiger partial charge in [-0.15, -0.1) is 0 Å². The minimum Gasteiger partial charge on any atom is -0.314 e. The van der Waals surface area contributed by atoms with Gasteiger partial charge in [-0.1, -0.05) is 11.6 Å². The van der Waals surface area contributed by atoms with Gasteiger partial charge in [0.05, 0.1) is 6.20 Å². The van der Waals surface area contributed by atoms with Crippen LogP contribution in [0, 0.1) is 0 Å². The molecular weight excluding hydrogens is 328 g/mol. The van der Waals surface area contributed by atoms with E-state index in [4.69, 9.17) is 11.6 Å². The van der Waals surface area contributed by atoms with Crippen LogP contribution >= 0.6 is 11.6 Å². The van der Waals surface area contributed by atoms with E-state index in [1.54, 1.807) is 35.0 Å². The molecule has 6 nitrogen and oxygen atoms in total. The molecule has 0 saturated heterocycles. The Hall–Kier alpha value is -2.34. The van der Waals surface area contributed by atoms with Crippen LogP contribution in [0.25, 0.3) is 0 Å².